The number of aryl methyl sites for hydroxylation is 1. The maximum Gasteiger partial charge on any atom is 0.310 e. The highest BCUT2D eigenvalue weighted by Gasteiger charge is 2.31. The molecule has 3 rings (SSSR count). The average molecular weight is 341 g/mol. The van der Waals surface area contributed by atoms with Gasteiger partial charge in [0.15, 0.2) is 0 Å². The van der Waals surface area contributed by atoms with Crippen LogP contribution in [0.25, 0.3) is 5.69 Å². The molecule has 0 radical (unpaired) electrons. The van der Waals surface area contributed by atoms with Gasteiger partial charge in [-0.15, -0.1) is 0 Å². The van der Waals surface area contributed by atoms with Crippen molar-refractivity contribution in [2.24, 2.45) is 5.92 Å². The minimum Gasteiger partial charge on any atom is -0.466 e. The number of ether oxygens (including phenoxy) is 1. The van der Waals surface area contributed by atoms with Crippen LogP contribution < -0.4 is 0 Å². The molecule has 0 N–H and O–H groups in total. The molecule has 1 fully saturated rings. The van der Waals surface area contributed by atoms with Crippen LogP contribution in [0.15, 0.2) is 36.4 Å². The van der Waals surface area contributed by atoms with Gasteiger partial charge in [0.2, 0.25) is 0 Å². The van der Waals surface area contributed by atoms with E-state index in [-0.39, 0.29) is 17.8 Å². The summed E-state index contributed by atoms with van der Waals surface area (Å²) in [6, 6.07) is 11.4. The van der Waals surface area contributed by atoms with Crippen molar-refractivity contribution in [2.75, 3.05) is 19.7 Å². The Morgan fingerprint density at radius 3 is 2.76 bits per heavy atom. The van der Waals surface area contributed by atoms with Crippen molar-refractivity contribution in [1.29, 1.82) is 0 Å². The molecular formula is C19H23N3O3. The summed E-state index contributed by atoms with van der Waals surface area (Å²) in [5.41, 5.74) is 2.15. The third-order valence-electron chi connectivity index (χ3n) is 4.38. The highest BCUT2D eigenvalue weighted by atomic mass is 16.5. The Labute approximate surface area is 147 Å². The van der Waals surface area contributed by atoms with E-state index in [1.54, 1.807) is 22.6 Å². The number of carbonyl (C=O) groups is 2. The van der Waals surface area contributed by atoms with E-state index in [1.807, 2.05) is 37.3 Å². The summed E-state index contributed by atoms with van der Waals surface area (Å²) in [7, 11) is 0. The number of carbonyl (C=O) groups excluding carboxylic acids is 2. The number of esters is 1. The molecule has 1 saturated heterocycles. The molecule has 1 amide bonds. The van der Waals surface area contributed by atoms with Crippen molar-refractivity contribution in [3.05, 3.63) is 47.8 Å². The zero-order valence-electron chi connectivity index (χ0n) is 14.6. The standard InChI is InChI=1S/C19H23N3O3/c1-3-25-19(24)15-8-7-11-21(13-15)18(23)17-12-14(2)20-22(17)16-9-5-4-6-10-16/h4-6,9-10,12,15H,3,7-8,11,13H2,1-2H3. The molecule has 132 valence electrons. The van der Waals surface area contributed by atoms with Gasteiger partial charge >= 0.3 is 5.97 Å². The lowest BCUT2D eigenvalue weighted by atomic mass is 9.98. The lowest BCUT2D eigenvalue weighted by Crippen LogP contribution is -2.43. The molecule has 1 aliphatic rings. The van der Waals surface area contributed by atoms with Gasteiger partial charge < -0.3 is 9.64 Å². The predicted molar refractivity (Wildman–Crippen MR) is 93.6 cm³/mol. The average Bonchev–Trinajstić information content (AvgIpc) is 3.04. The monoisotopic (exact) mass is 341 g/mol. The normalized spacial score (nSPS) is 17.4. The minimum absolute atomic E-state index is 0.0987. The second-order valence-corrected chi connectivity index (χ2v) is 6.26. The Morgan fingerprint density at radius 1 is 1.28 bits per heavy atom. The lowest BCUT2D eigenvalue weighted by molar-refractivity contribution is -0.149. The fourth-order valence-electron chi connectivity index (χ4n) is 3.19. The van der Waals surface area contributed by atoms with Gasteiger partial charge in [-0.25, -0.2) is 4.68 Å². The molecule has 6 nitrogen and oxygen atoms in total. The van der Waals surface area contributed by atoms with Crippen molar-refractivity contribution in [3.8, 4) is 5.69 Å². The van der Waals surface area contributed by atoms with Crippen LogP contribution in [0.3, 0.4) is 0 Å². The van der Waals surface area contributed by atoms with Gasteiger partial charge in [0.25, 0.3) is 5.91 Å². The molecule has 0 saturated carbocycles. The zero-order chi connectivity index (χ0) is 17.8. The Kier molecular flexibility index (Phi) is 5.16. The Morgan fingerprint density at radius 2 is 2.04 bits per heavy atom. The number of para-hydroxylation sites is 1. The molecule has 1 aliphatic heterocycles. The first kappa shape index (κ1) is 17.2. The summed E-state index contributed by atoms with van der Waals surface area (Å²) in [6.45, 7) is 5.08. The largest absolute Gasteiger partial charge is 0.466 e. The predicted octanol–water partition coefficient (Wildman–Crippen LogP) is 2.60. The number of benzene rings is 1. The fourth-order valence-corrected chi connectivity index (χ4v) is 3.19. The second kappa shape index (κ2) is 7.51. The minimum atomic E-state index is -0.244. The fraction of sp³-hybridized carbons (Fsp3) is 0.421. The molecule has 2 heterocycles. The number of hydrogen-bond donors (Lipinski definition) is 0. The van der Waals surface area contributed by atoms with E-state index < -0.39 is 0 Å². The molecule has 25 heavy (non-hydrogen) atoms. The topological polar surface area (TPSA) is 64.4 Å². The van der Waals surface area contributed by atoms with Crippen molar-refractivity contribution < 1.29 is 14.3 Å². The third-order valence-corrected chi connectivity index (χ3v) is 4.38. The van der Waals surface area contributed by atoms with Crippen LogP contribution in [-0.2, 0) is 9.53 Å². The van der Waals surface area contributed by atoms with Crippen LogP contribution in [0.1, 0.15) is 35.9 Å². The van der Waals surface area contributed by atoms with Gasteiger partial charge in [-0.1, -0.05) is 18.2 Å². The van der Waals surface area contributed by atoms with Gasteiger partial charge in [0, 0.05) is 13.1 Å². The first-order valence-corrected chi connectivity index (χ1v) is 8.68. The second-order valence-electron chi connectivity index (χ2n) is 6.26. The van der Waals surface area contributed by atoms with Gasteiger partial charge in [-0.05, 0) is 44.9 Å². The Hall–Kier alpha value is -2.63. The maximum atomic E-state index is 13.0. The molecular weight excluding hydrogens is 318 g/mol. The van der Waals surface area contributed by atoms with E-state index in [9.17, 15) is 9.59 Å². The number of likely N-dealkylation sites (tertiary alicyclic amines) is 1. The highest BCUT2D eigenvalue weighted by Crippen LogP contribution is 2.21. The maximum absolute atomic E-state index is 13.0. The number of nitrogens with zero attached hydrogens (tertiary/aromatic N) is 3. The third kappa shape index (κ3) is 3.73. The SMILES string of the molecule is CCOC(=O)C1CCCN(C(=O)c2cc(C)nn2-c2ccccc2)C1. The summed E-state index contributed by atoms with van der Waals surface area (Å²) in [5, 5.41) is 4.46. The van der Waals surface area contributed by atoms with Crippen molar-refractivity contribution in [1.82, 2.24) is 14.7 Å². The molecule has 6 heteroatoms. The lowest BCUT2D eigenvalue weighted by Gasteiger charge is -2.31. The van der Waals surface area contributed by atoms with Crippen LogP contribution in [0.5, 0.6) is 0 Å². The quantitative estimate of drug-likeness (QED) is 0.802. The molecule has 0 spiro atoms. The van der Waals surface area contributed by atoms with E-state index in [0.717, 1.165) is 24.2 Å². The number of rotatable bonds is 4. The molecule has 1 aromatic heterocycles. The molecule has 1 unspecified atom stereocenters. The first-order valence-electron chi connectivity index (χ1n) is 8.68. The van der Waals surface area contributed by atoms with Gasteiger partial charge in [-0.2, -0.15) is 5.10 Å². The molecule has 0 aliphatic carbocycles. The van der Waals surface area contributed by atoms with E-state index >= 15 is 0 Å². The van der Waals surface area contributed by atoms with E-state index in [2.05, 4.69) is 5.10 Å². The first-order chi connectivity index (χ1) is 12.1. The van der Waals surface area contributed by atoms with Crippen molar-refractivity contribution in [2.45, 2.75) is 26.7 Å². The van der Waals surface area contributed by atoms with Gasteiger partial charge in [0.05, 0.1) is 23.9 Å². The van der Waals surface area contributed by atoms with E-state index in [4.69, 9.17) is 4.74 Å². The summed E-state index contributed by atoms with van der Waals surface area (Å²) >= 11 is 0. The smallest absolute Gasteiger partial charge is 0.310 e. The van der Waals surface area contributed by atoms with E-state index in [0.29, 0.717) is 25.4 Å². The number of aromatic nitrogens is 2. The van der Waals surface area contributed by atoms with Crippen molar-refractivity contribution >= 4 is 11.9 Å². The zero-order valence-corrected chi connectivity index (χ0v) is 14.6. The Balaban J connectivity index is 1.83. The number of piperidine rings is 1. The van der Waals surface area contributed by atoms with E-state index in [1.165, 1.54) is 0 Å². The molecule has 0 bridgehead atoms. The van der Waals surface area contributed by atoms with Crippen LogP contribution >= 0.6 is 0 Å². The summed E-state index contributed by atoms with van der Waals surface area (Å²) < 4.78 is 6.79. The van der Waals surface area contributed by atoms with Crippen molar-refractivity contribution in [3.63, 3.8) is 0 Å². The highest BCUT2D eigenvalue weighted by molar-refractivity contribution is 5.93. The molecule has 2 aromatic rings. The molecule has 1 aromatic carbocycles. The van der Waals surface area contributed by atoms with Crippen LogP contribution in [0.4, 0.5) is 0 Å². The number of amides is 1. The summed E-state index contributed by atoms with van der Waals surface area (Å²) in [6.07, 6.45) is 1.56. The van der Waals surface area contributed by atoms with Gasteiger partial charge in [0.1, 0.15) is 5.69 Å². The Bertz CT molecular complexity index is 755. The van der Waals surface area contributed by atoms with Crippen LogP contribution in [0, 0.1) is 12.8 Å². The number of hydrogen-bond acceptors (Lipinski definition) is 4. The van der Waals surface area contributed by atoms with Gasteiger partial charge in [-0.3, -0.25) is 9.59 Å². The molecule has 1 atom stereocenters. The van der Waals surface area contributed by atoms with Crippen LogP contribution in [-0.4, -0.2) is 46.3 Å². The summed E-state index contributed by atoms with van der Waals surface area (Å²) in [4.78, 5) is 26.8. The van der Waals surface area contributed by atoms with Crippen LogP contribution in [0.2, 0.25) is 0 Å². The summed E-state index contributed by atoms with van der Waals surface area (Å²) in [5.74, 6) is -0.557.